The minimum absolute atomic E-state index is 0.0850. The van der Waals surface area contributed by atoms with Gasteiger partial charge in [-0.15, -0.1) is 10.2 Å². The molecule has 1 N–H and O–H groups in total. The van der Waals surface area contributed by atoms with Crippen molar-refractivity contribution in [2.24, 2.45) is 12.0 Å². The van der Waals surface area contributed by atoms with Crippen molar-refractivity contribution in [1.82, 2.24) is 14.8 Å². The van der Waals surface area contributed by atoms with Crippen LogP contribution >= 0.6 is 22.9 Å². The van der Waals surface area contributed by atoms with E-state index in [2.05, 4.69) is 20.5 Å². The SMILES string of the molecule is Cn1ccc(-c2nnc(Nc3ccc4c(c3Cl)C=NC4)s2)cc1=O. The Bertz CT molecular complexity index is 1020. The van der Waals surface area contributed by atoms with E-state index in [1.165, 1.54) is 15.9 Å². The van der Waals surface area contributed by atoms with Crippen molar-refractivity contribution in [1.29, 1.82) is 0 Å². The maximum Gasteiger partial charge on any atom is 0.250 e. The molecule has 0 spiro atoms. The van der Waals surface area contributed by atoms with Crippen LogP contribution in [0, 0.1) is 0 Å². The number of hydrogen-bond acceptors (Lipinski definition) is 6. The Kier molecular flexibility index (Phi) is 3.66. The molecule has 120 valence electrons. The highest BCUT2D eigenvalue weighted by atomic mass is 35.5. The molecule has 4 rings (SSSR count). The molecule has 0 saturated carbocycles. The van der Waals surface area contributed by atoms with Crippen molar-refractivity contribution in [2.45, 2.75) is 6.54 Å². The van der Waals surface area contributed by atoms with Crippen LogP contribution in [-0.2, 0) is 13.6 Å². The van der Waals surface area contributed by atoms with Gasteiger partial charge in [-0.2, -0.15) is 0 Å². The molecular formula is C16H12ClN5OS. The predicted octanol–water partition coefficient (Wildman–Crippen LogP) is 3.23. The van der Waals surface area contributed by atoms with Crippen LogP contribution in [0.15, 0.2) is 40.2 Å². The van der Waals surface area contributed by atoms with Gasteiger partial charge in [0, 0.05) is 36.7 Å². The number of nitrogens with zero attached hydrogens (tertiary/aromatic N) is 4. The Balaban J connectivity index is 1.63. The second-order valence-corrected chi connectivity index (χ2v) is 6.73. The van der Waals surface area contributed by atoms with Gasteiger partial charge in [0.05, 0.1) is 17.3 Å². The van der Waals surface area contributed by atoms with Crippen molar-refractivity contribution in [2.75, 3.05) is 5.32 Å². The zero-order chi connectivity index (χ0) is 16.7. The van der Waals surface area contributed by atoms with E-state index < -0.39 is 0 Å². The zero-order valence-corrected chi connectivity index (χ0v) is 14.2. The first kappa shape index (κ1) is 15.0. The lowest BCUT2D eigenvalue weighted by Crippen LogP contribution is -2.13. The third kappa shape index (κ3) is 2.61. The van der Waals surface area contributed by atoms with E-state index in [9.17, 15) is 4.79 Å². The number of pyridine rings is 1. The normalized spacial score (nSPS) is 12.4. The average molecular weight is 358 g/mol. The monoisotopic (exact) mass is 357 g/mol. The van der Waals surface area contributed by atoms with Gasteiger partial charge in [-0.25, -0.2) is 0 Å². The number of aliphatic imine (C=N–C) groups is 1. The summed E-state index contributed by atoms with van der Waals surface area (Å²) in [5.41, 5.74) is 3.48. The van der Waals surface area contributed by atoms with Gasteiger partial charge in [-0.05, 0) is 17.7 Å². The molecule has 6 nitrogen and oxygen atoms in total. The molecule has 1 aliphatic rings. The van der Waals surface area contributed by atoms with Crippen molar-refractivity contribution in [3.8, 4) is 10.6 Å². The van der Waals surface area contributed by atoms with Gasteiger partial charge in [0.15, 0.2) is 0 Å². The molecule has 0 bridgehead atoms. The second-order valence-electron chi connectivity index (χ2n) is 5.37. The van der Waals surface area contributed by atoms with Crippen LogP contribution in [0.5, 0.6) is 0 Å². The van der Waals surface area contributed by atoms with Crippen molar-refractivity contribution in [3.63, 3.8) is 0 Å². The van der Waals surface area contributed by atoms with Gasteiger partial charge >= 0.3 is 0 Å². The van der Waals surface area contributed by atoms with Gasteiger partial charge in [-0.3, -0.25) is 9.79 Å². The molecule has 0 fully saturated rings. The molecule has 8 heteroatoms. The molecule has 3 aromatic rings. The third-order valence-corrected chi connectivity index (χ3v) is 5.06. The van der Waals surface area contributed by atoms with E-state index in [0.717, 1.165) is 22.4 Å². The highest BCUT2D eigenvalue weighted by Crippen LogP contribution is 2.34. The summed E-state index contributed by atoms with van der Waals surface area (Å²) in [5, 5.41) is 13.4. The molecule has 2 aromatic heterocycles. The Labute approximate surface area is 146 Å². The second kappa shape index (κ2) is 5.85. The molecule has 0 aliphatic carbocycles. The first-order valence-corrected chi connectivity index (χ1v) is 8.40. The number of anilines is 2. The summed E-state index contributed by atoms with van der Waals surface area (Å²) >= 11 is 7.79. The summed E-state index contributed by atoms with van der Waals surface area (Å²) in [5.74, 6) is 0. The first-order chi connectivity index (χ1) is 11.6. The minimum Gasteiger partial charge on any atom is -0.329 e. The summed E-state index contributed by atoms with van der Waals surface area (Å²) in [6, 6.07) is 7.29. The van der Waals surface area contributed by atoms with Gasteiger partial charge in [0.2, 0.25) is 5.13 Å². The lowest BCUT2D eigenvalue weighted by molar-refractivity contribution is 0.861. The minimum atomic E-state index is -0.0850. The van der Waals surface area contributed by atoms with E-state index in [4.69, 9.17) is 11.6 Å². The number of rotatable bonds is 3. The van der Waals surface area contributed by atoms with E-state index in [-0.39, 0.29) is 5.56 Å². The van der Waals surface area contributed by atoms with Gasteiger partial charge in [0.1, 0.15) is 5.01 Å². The quantitative estimate of drug-likeness (QED) is 0.781. The molecule has 1 aliphatic heterocycles. The van der Waals surface area contributed by atoms with Gasteiger partial charge < -0.3 is 9.88 Å². The summed E-state index contributed by atoms with van der Waals surface area (Å²) in [6.07, 6.45) is 3.50. The molecule has 0 amide bonds. The summed E-state index contributed by atoms with van der Waals surface area (Å²) in [4.78, 5) is 16.0. The fourth-order valence-electron chi connectivity index (χ4n) is 2.43. The lowest BCUT2D eigenvalue weighted by Gasteiger charge is -2.08. The Morgan fingerprint density at radius 2 is 2.17 bits per heavy atom. The van der Waals surface area contributed by atoms with Crippen LogP contribution in [0.25, 0.3) is 10.6 Å². The average Bonchev–Trinajstić information content (AvgIpc) is 3.22. The molecule has 0 unspecified atom stereocenters. The fourth-order valence-corrected chi connectivity index (χ4v) is 3.46. The molecule has 24 heavy (non-hydrogen) atoms. The van der Waals surface area contributed by atoms with Gasteiger partial charge in [0.25, 0.3) is 5.56 Å². The highest BCUT2D eigenvalue weighted by Gasteiger charge is 2.15. The van der Waals surface area contributed by atoms with Crippen LogP contribution in [0.1, 0.15) is 11.1 Å². The number of fused-ring (bicyclic) bond motifs is 1. The maximum absolute atomic E-state index is 11.7. The van der Waals surface area contributed by atoms with E-state index in [1.807, 2.05) is 18.2 Å². The van der Waals surface area contributed by atoms with Crippen LogP contribution in [0.2, 0.25) is 5.02 Å². The number of halogens is 1. The molecule has 0 radical (unpaired) electrons. The predicted molar refractivity (Wildman–Crippen MR) is 96.6 cm³/mol. The van der Waals surface area contributed by atoms with Crippen LogP contribution in [0.3, 0.4) is 0 Å². The standard InChI is InChI=1S/C16H12ClN5OS/c1-22-5-4-9(6-13(22)23)15-20-21-16(24-15)19-12-3-2-10-7-18-8-11(10)14(12)17/h2-6,8H,7H2,1H3,(H,19,21). The van der Waals surface area contributed by atoms with E-state index >= 15 is 0 Å². The van der Waals surface area contributed by atoms with Crippen LogP contribution in [0.4, 0.5) is 10.8 Å². The first-order valence-electron chi connectivity index (χ1n) is 7.20. The Morgan fingerprint density at radius 1 is 1.29 bits per heavy atom. The van der Waals surface area contributed by atoms with Crippen molar-refractivity contribution >= 4 is 40.0 Å². The Morgan fingerprint density at radius 3 is 3.00 bits per heavy atom. The molecule has 0 atom stereocenters. The van der Waals surface area contributed by atoms with Crippen molar-refractivity contribution in [3.05, 3.63) is 57.0 Å². The van der Waals surface area contributed by atoms with E-state index in [1.54, 1.807) is 25.5 Å². The molecule has 1 aromatic carbocycles. The van der Waals surface area contributed by atoms with Gasteiger partial charge in [-0.1, -0.05) is 29.0 Å². The van der Waals surface area contributed by atoms with Crippen molar-refractivity contribution < 1.29 is 0 Å². The van der Waals surface area contributed by atoms with Crippen LogP contribution < -0.4 is 10.9 Å². The number of aryl methyl sites for hydroxylation is 1. The number of hydrogen-bond donors (Lipinski definition) is 1. The third-order valence-electron chi connectivity index (χ3n) is 3.77. The summed E-state index contributed by atoms with van der Waals surface area (Å²) in [6.45, 7) is 0.668. The van der Waals surface area contributed by atoms with Crippen LogP contribution in [-0.4, -0.2) is 21.0 Å². The lowest BCUT2D eigenvalue weighted by atomic mass is 10.1. The fraction of sp³-hybridized carbons (Fsp3) is 0.125. The maximum atomic E-state index is 11.7. The summed E-state index contributed by atoms with van der Waals surface area (Å²) < 4.78 is 1.51. The zero-order valence-electron chi connectivity index (χ0n) is 12.7. The molecule has 3 heterocycles. The summed E-state index contributed by atoms with van der Waals surface area (Å²) in [7, 11) is 1.71. The topological polar surface area (TPSA) is 72.2 Å². The number of benzene rings is 1. The molecular weight excluding hydrogens is 346 g/mol. The number of aromatic nitrogens is 3. The Hall–Kier alpha value is -2.51. The smallest absolute Gasteiger partial charge is 0.250 e. The largest absolute Gasteiger partial charge is 0.329 e. The highest BCUT2D eigenvalue weighted by molar-refractivity contribution is 7.18. The molecule has 0 saturated heterocycles. The van der Waals surface area contributed by atoms with E-state index in [0.29, 0.717) is 21.7 Å². The number of nitrogens with one attached hydrogen (secondary N) is 1.